The molecule has 13 nitrogen and oxygen atoms in total. The van der Waals surface area contributed by atoms with Gasteiger partial charge in [0.05, 0.1) is 22.9 Å². The van der Waals surface area contributed by atoms with Gasteiger partial charge in [-0.05, 0) is 30.3 Å². The monoisotopic (exact) mass is 603 g/mol. The maximum atomic E-state index is 12.5. The predicted molar refractivity (Wildman–Crippen MR) is 148 cm³/mol. The van der Waals surface area contributed by atoms with Crippen LogP contribution < -0.4 is 14.9 Å². The van der Waals surface area contributed by atoms with Crippen molar-refractivity contribution in [2.75, 3.05) is 13.7 Å². The number of carbonyl (C=O) groups is 2. The van der Waals surface area contributed by atoms with Gasteiger partial charge in [-0.1, -0.05) is 23.5 Å². The summed E-state index contributed by atoms with van der Waals surface area (Å²) in [7, 11) is -2.78. The number of rotatable bonds is 9. The third-order valence-corrected chi connectivity index (χ3v) is 10.5. The number of carbonyl (C=O) groups excluding carboxylic acids is 1. The number of fused-ring (bicyclic) bond motifs is 1. The third-order valence-electron chi connectivity index (χ3n) is 6.12. The molecule has 0 aliphatic rings. The van der Waals surface area contributed by atoms with E-state index in [-0.39, 0.29) is 57.2 Å². The van der Waals surface area contributed by atoms with E-state index in [1.165, 1.54) is 40.2 Å². The van der Waals surface area contributed by atoms with Gasteiger partial charge in [0.15, 0.2) is 5.75 Å². The van der Waals surface area contributed by atoms with Crippen LogP contribution in [-0.2, 0) is 10.1 Å². The average molecular weight is 604 g/mol. The molecule has 0 radical (unpaired) electrons. The minimum atomic E-state index is -4.21. The van der Waals surface area contributed by atoms with Crippen molar-refractivity contribution in [1.82, 2.24) is 25.3 Å². The van der Waals surface area contributed by atoms with Crippen LogP contribution in [0.4, 0.5) is 0 Å². The summed E-state index contributed by atoms with van der Waals surface area (Å²) in [5, 5.41) is 21.8. The van der Waals surface area contributed by atoms with Crippen LogP contribution in [0, 0.1) is 0 Å². The van der Waals surface area contributed by atoms with Gasteiger partial charge in [-0.3, -0.25) is 0 Å². The number of benzene rings is 3. The Morgan fingerprint density at radius 3 is 2.49 bits per heavy atom. The van der Waals surface area contributed by atoms with Crippen molar-refractivity contribution in [2.45, 2.75) is 2.50 Å². The number of hydrogen-bond donors (Lipinski definition) is 3. The Hall–Kier alpha value is -3.73. The van der Waals surface area contributed by atoms with E-state index in [9.17, 15) is 23.1 Å². The van der Waals surface area contributed by atoms with E-state index in [1.807, 2.05) is 24.3 Å². The number of nitrogens with one attached hydrogen (secondary N) is 1. The molecule has 16 heteroatoms. The fraction of sp³-hybridized carbons (Fsp3) is 0.120. The van der Waals surface area contributed by atoms with E-state index in [2.05, 4.69) is 20.5 Å². The molecule has 0 fully saturated rings. The number of methoxy groups -OCH3 is 1. The van der Waals surface area contributed by atoms with E-state index in [0.29, 0.717) is 16.4 Å². The molecule has 0 saturated carbocycles. The summed E-state index contributed by atoms with van der Waals surface area (Å²) in [6.07, 6.45) is 0. The van der Waals surface area contributed by atoms with Crippen LogP contribution >= 0.6 is 11.3 Å². The van der Waals surface area contributed by atoms with Crippen molar-refractivity contribution < 1.29 is 37.2 Å². The van der Waals surface area contributed by atoms with Crippen LogP contribution in [0.2, 0.25) is 0 Å². The number of aromatic carboxylic acids is 1. The molecule has 0 bridgehead atoms. The minimum Gasteiger partial charge on any atom is -0.213 e. The van der Waals surface area contributed by atoms with Crippen LogP contribution in [0.15, 0.2) is 66.7 Å². The first kappa shape index (κ1) is 28.8. The molecule has 204 valence electrons. The van der Waals surface area contributed by atoms with Gasteiger partial charge in [0, 0.05) is 0 Å². The number of aromatic nitrogens is 5. The van der Waals surface area contributed by atoms with Crippen LogP contribution in [0.1, 0.15) is 20.7 Å². The Balaban J connectivity index is 1.53. The van der Waals surface area contributed by atoms with Gasteiger partial charge >= 0.3 is 154 Å². The van der Waals surface area contributed by atoms with Gasteiger partial charge in [-0.2, -0.15) is 0 Å². The number of hydrogen-bond acceptors (Lipinski definition) is 9. The number of thiazole rings is 1. The Kier molecular flexibility index (Phi) is 8.17. The Morgan fingerprint density at radius 1 is 1.12 bits per heavy atom. The summed E-state index contributed by atoms with van der Waals surface area (Å²) in [5.41, 5.74) is 2.07. The molecule has 0 aliphatic carbocycles. The zero-order valence-corrected chi connectivity index (χ0v) is 25.3. The molecular weight excluding hydrogens is 583 g/mol. The molecule has 2 aromatic heterocycles. The zero-order valence-electron chi connectivity index (χ0n) is 21.6. The summed E-state index contributed by atoms with van der Waals surface area (Å²) >= 11 is 1.54. The molecule has 2 heterocycles. The number of nitrogens with zero attached hydrogens (tertiary/aromatic N) is 5. The van der Waals surface area contributed by atoms with Crippen LogP contribution in [0.5, 0.6) is 5.75 Å². The quantitative estimate of drug-likeness (QED) is 0.127. The first-order valence-electron chi connectivity index (χ1n) is 12.1. The Bertz CT molecular complexity index is 1860. The second-order valence-electron chi connectivity index (χ2n) is 8.87. The minimum absolute atomic E-state index is 0.0414. The molecular formula is C25H20N6NaO7S2+. The number of carboxylic acids is 1. The number of amides is 1. The van der Waals surface area contributed by atoms with Crippen LogP contribution in [0.3, 0.4) is 0 Å². The fourth-order valence-electron chi connectivity index (χ4n) is 3.82. The fourth-order valence-corrected chi connectivity index (χ4v) is 5.22. The molecule has 5 rings (SSSR count). The van der Waals surface area contributed by atoms with E-state index in [4.69, 9.17) is 9.29 Å². The van der Waals surface area contributed by atoms with Crippen molar-refractivity contribution in [3.63, 3.8) is 0 Å². The first-order chi connectivity index (χ1) is 19.5. The number of carboxylic acid groups (broad SMARTS) is 1. The number of para-hydroxylation sites is 1. The molecule has 0 saturated heterocycles. The van der Waals surface area contributed by atoms with Crippen molar-refractivity contribution in [1.29, 1.82) is 0 Å². The second kappa shape index (κ2) is 11.6. The molecule has 3 aromatic carbocycles. The summed E-state index contributed by atoms with van der Waals surface area (Å²) in [6.45, 7) is -0.192. The van der Waals surface area contributed by atoms with Crippen molar-refractivity contribution in [2.24, 2.45) is 0 Å². The average Bonchev–Trinajstić information content (AvgIpc) is 3.59. The second-order valence-corrected chi connectivity index (χ2v) is 13.9. The van der Waals surface area contributed by atoms with E-state index in [0.717, 1.165) is 10.2 Å². The van der Waals surface area contributed by atoms with Gasteiger partial charge in [-0.25, -0.2) is 9.78 Å². The molecule has 1 amide bonds. The van der Waals surface area contributed by atoms with Gasteiger partial charge in [0.25, 0.3) is 0 Å². The Labute approximate surface area is 254 Å². The van der Waals surface area contributed by atoms with Crippen molar-refractivity contribution >= 4 is 71.5 Å². The summed E-state index contributed by atoms with van der Waals surface area (Å²) < 4.78 is 37.0. The number of ether oxygens (including phenoxy) is 1. The zero-order chi connectivity index (χ0) is 29.3. The molecule has 41 heavy (non-hydrogen) atoms. The standard InChI is InChI=1S/C25H19N6O7S2.Na/c1-38-20-14-17(24(33)34)10-11-19(20)30-28-22(29-31(30)25-27-18-4-2-3-5-21(18)39-25)15-6-8-16(9-7-15)23(32)26-12-13-40(35,36)37;/h2-11,13-14H,12H2,1H3,(H2-,26,32,33,34,35,36,37);/p+1. The van der Waals surface area contributed by atoms with Gasteiger partial charge < -0.3 is 9.84 Å². The Morgan fingerprint density at radius 2 is 1.83 bits per heavy atom. The molecule has 1 atom stereocenters. The molecule has 3 N–H and O–H groups in total. The number of tetrazole rings is 1. The predicted octanol–water partition coefficient (Wildman–Crippen LogP) is 1.64. The maximum absolute atomic E-state index is 12.5. The smallest absolute Gasteiger partial charge is 0.213 e. The van der Waals surface area contributed by atoms with E-state index < -0.39 is 24.5 Å². The van der Waals surface area contributed by atoms with Gasteiger partial charge in [0.1, 0.15) is 0 Å². The summed E-state index contributed by atoms with van der Waals surface area (Å²) in [5.74, 6) is -1.06. The molecule has 5 aromatic rings. The summed E-state index contributed by atoms with van der Waals surface area (Å²) in [6, 6.07) is 18.4. The van der Waals surface area contributed by atoms with Gasteiger partial charge in [-0.15, -0.1) is 0 Å². The first-order valence-corrected chi connectivity index (χ1v) is 15.5. The van der Waals surface area contributed by atoms with Crippen molar-refractivity contribution in [3.8, 4) is 28.0 Å². The van der Waals surface area contributed by atoms with Gasteiger partial charge in [0.2, 0.25) is 0 Å². The molecule has 1 unspecified atom stereocenters. The van der Waals surface area contributed by atoms with Crippen LogP contribution in [-0.4, -0.2) is 94.0 Å². The topological polar surface area (TPSA) is 177 Å². The SMILES string of the molecule is COc1cc(C(=O)O)ccc1-[n+]1nc(-c2ccc(C(=O)NC[CH]([Na])S(=O)(=O)O)cc2)nn1-c1nc2ccccc2s1. The normalized spacial score (nSPS) is 12.3. The summed E-state index contributed by atoms with van der Waals surface area (Å²) in [4.78, 5) is 31.6. The van der Waals surface area contributed by atoms with Crippen LogP contribution in [0.25, 0.3) is 32.4 Å². The third kappa shape index (κ3) is 6.14. The van der Waals surface area contributed by atoms with Crippen molar-refractivity contribution in [3.05, 3.63) is 77.9 Å². The van der Waals surface area contributed by atoms with E-state index >= 15 is 0 Å². The van der Waals surface area contributed by atoms with E-state index in [1.54, 1.807) is 30.3 Å². The molecule has 0 spiro atoms. The molecule has 0 aliphatic heterocycles.